The minimum Gasteiger partial charge on any atom is -0.465 e. The number of benzene rings is 1. The maximum atomic E-state index is 11.9. The van der Waals surface area contributed by atoms with Gasteiger partial charge in [0, 0.05) is 23.1 Å². The number of methoxy groups -OCH3 is 1. The monoisotopic (exact) mass is 229 g/mol. The van der Waals surface area contributed by atoms with Gasteiger partial charge >= 0.3 is 5.97 Å². The zero-order chi connectivity index (χ0) is 12.0. The molecule has 1 aliphatic rings. The molecule has 0 bridgehead atoms. The number of hydrogen-bond acceptors (Lipinski definition) is 2. The molecule has 3 rings (SSSR count). The lowest BCUT2D eigenvalue weighted by Gasteiger charge is -2.00. The molecule has 0 unspecified atom stereocenters. The van der Waals surface area contributed by atoms with Crippen molar-refractivity contribution in [2.45, 2.75) is 26.3 Å². The van der Waals surface area contributed by atoms with Gasteiger partial charge in [0.1, 0.15) is 0 Å². The predicted molar refractivity (Wildman–Crippen MR) is 66.3 cm³/mol. The van der Waals surface area contributed by atoms with E-state index in [4.69, 9.17) is 4.74 Å². The molecule has 88 valence electrons. The number of ether oxygens (including phenoxy) is 1. The van der Waals surface area contributed by atoms with Crippen molar-refractivity contribution in [3.63, 3.8) is 0 Å². The van der Waals surface area contributed by atoms with Crippen molar-refractivity contribution in [1.29, 1.82) is 0 Å². The van der Waals surface area contributed by atoms with Gasteiger partial charge in [-0.25, -0.2) is 4.79 Å². The van der Waals surface area contributed by atoms with Crippen LogP contribution in [-0.2, 0) is 17.7 Å². The first-order chi connectivity index (χ1) is 8.22. The summed E-state index contributed by atoms with van der Waals surface area (Å²) in [5, 5.41) is 1.03. The molecule has 0 N–H and O–H groups in total. The largest absolute Gasteiger partial charge is 0.465 e. The number of rotatable bonds is 1. The molecular formula is C14H15NO2. The fourth-order valence-corrected chi connectivity index (χ4v) is 2.76. The van der Waals surface area contributed by atoms with Crippen LogP contribution in [0.5, 0.6) is 0 Å². The van der Waals surface area contributed by atoms with E-state index in [-0.39, 0.29) is 5.97 Å². The zero-order valence-electron chi connectivity index (χ0n) is 10.1. The average molecular weight is 229 g/mol. The van der Waals surface area contributed by atoms with Gasteiger partial charge in [0.25, 0.3) is 0 Å². The highest BCUT2D eigenvalue weighted by molar-refractivity contribution is 6.06. The van der Waals surface area contributed by atoms with Crippen LogP contribution < -0.4 is 0 Å². The summed E-state index contributed by atoms with van der Waals surface area (Å²) < 4.78 is 7.16. The highest BCUT2D eigenvalue weighted by Gasteiger charge is 2.25. The molecule has 2 heterocycles. The Labute approximate surface area is 100.0 Å². The molecule has 17 heavy (non-hydrogen) atoms. The van der Waals surface area contributed by atoms with E-state index >= 15 is 0 Å². The Kier molecular flexibility index (Phi) is 2.21. The Morgan fingerprint density at radius 2 is 2.24 bits per heavy atom. The van der Waals surface area contributed by atoms with Crippen LogP contribution in [0.25, 0.3) is 10.9 Å². The van der Waals surface area contributed by atoms with Gasteiger partial charge in [-0.1, -0.05) is 12.1 Å². The van der Waals surface area contributed by atoms with Gasteiger partial charge in [-0.2, -0.15) is 0 Å². The second-order valence-electron chi connectivity index (χ2n) is 4.59. The summed E-state index contributed by atoms with van der Waals surface area (Å²) in [4.78, 5) is 11.9. The predicted octanol–water partition coefficient (Wildman–Crippen LogP) is 2.68. The number of esters is 1. The van der Waals surface area contributed by atoms with Crippen LogP contribution >= 0.6 is 0 Å². The molecule has 0 fully saturated rings. The van der Waals surface area contributed by atoms with E-state index in [0.29, 0.717) is 0 Å². The molecule has 0 aliphatic carbocycles. The number of nitrogens with zero attached hydrogens (tertiary/aromatic N) is 1. The first-order valence-corrected chi connectivity index (χ1v) is 5.92. The standard InChI is InChI=1S/C14H15NO2/c1-9-5-6-10-12(8-9)15-7-3-4-11(15)13(10)14(16)17-2/h5-6,8H,3-4,7H2,1-2H3. The van der Waals surface area contributed by atoms with Crippen molar-refractivity contribution in [3.8, 4) is 0 Å². The van der Waals surface area contributed by atoms with Crippen LogP contribution in [0.2, 0.25) is 0 Å². The normalized spacial score (nSPS) is 14.0. The van der Waals surface area contributed by atoms with Crippen molar-refractivity contribution in [2.75, 3.05) is 7.11 Å². The van der Waals surface area contributed by atoms with Crippen LogP contribution in [-0.4, -0.2) is 17.6 Å². The van der Waals surface area contributed by atoms with E-state index < -0.39 is 0 Å². The fraction of sp³-hybridized carbons (Fsp3) is 0.357. The smallest absolute Gasteiger partial charge is 0.340 e. The van der Waals surface area contributed by atoms with Gasteiger partial charge in [0.05, 0.1) is 12.7 Å². The summed E-state index contributed by atoms with van der Waals surface area (Å²) in [6, 6.07) is 6.23. The third kappa shape index (κ3) is 1.38. The molecule has 1 aliphatic heterocycles. The summed E-state index contributed by atoms with van der Waals surface area (Å²) in [5.74, 6) is -0.213. The van der Waals surface area contributed by atoms with Gasteiger partial charge < -0.3 is 9.30 Å². The lowest BCUT2D eigenvalue weighted by atomic mass is 10.1. The molecule has 0 saturated carbocycles. The third-order valence-corrected chi connectivity index (χ3v) is 3.51. The quantitative estimate of drug-likeness (QED) is 0.704. The molecule has 2 aromatic rings. The van der Waals surface area contributed by atoms with E-state index in [1.54, 1.807) is 0 Å². The molecule has 3 nitrogen and oxygen atoms in total. The first-order valence-electron chi connectivity index (χ1n) is 5.92. The molecule has 0 amide bonds. The van der Waals surface area contributed by atoms with Crippen molar-refractivity contribution in [3.05, 3.63) is 35.0 Å². The Hall–Kier alpha value is -1.77. The van der Waals surface area contributed by atoms with Crippen molar-refractivity contribution < 1.29 is 9.53 Å². The average Bonchev–Trinajstić information content (AvgIpc) is 2.88. The Morgan fingerprint density at radius 1 is 1.41 bits per heavy atom. The number of aromatic nitrogens is 1. The lowest BCUT2D eigenvalue weighted by Crippen LogP contribution is -2.03. The van der Waals surface area contributed by atoms with Crippen molar-refractivity contribution in [1.82, 2.24) is 4.57 Å². The Morgan fingerprint density at radius 3 is 3.00 bits per heavy atom. The van der Waals surface area contributed by atoms with E-state index in [2.05, 4.69) is 17.6 Å². The minimum atomic E-state index is -0.213. The van der Waals surface area contributed by atoms with Gasteiger partial charge in [0.15, 0.2) is 0 Å². The van der Waals surface area contributed by atoms with Gasteiger partial charge in [0.2, 0.25) is 0 Å². The number of carbonyl (C=O) groups is 1. The van der Waals surface area contributed by atoms with Crippen LogP contribution in [0, 0.1) is 6.92 Å². The van der Waals surface area contributed by atoms with E-state index in [9.17, 15) is 4.79 Å². The SMILES string of the molecule is COC(=O)c1c2n(c3cc(C)ccc13)CCC2. The number of carbonyl (C=O) groups excluding carboxylic acids is 1. The highest BCUT2D eigenvalue weighted by atomic mass is 16.5. The van der Waals surface area contributed by atoms with Crippen LogP contribution in [0.3, 0.4) is 0 Å². The molecule has 0 spiro atoms. The second kappa shape index (κ2) is 3.62. The molecule has 0 radical (unpaired) electrons. The molecule has 3 heteroatoms. The van der Waals surface area contributed by atoms with Gasteiger partial charge in [-0.3, -0.25) is 0 Å². The summed E-state index contributed by atoms with van der Waals surface area (Å²) in [5.41, 5.74) is 4.29. The van der Waals surface area contributed by atoms with Crippen LogP contribution in [0.1, 0.15) is 28.0 Å². The lowest BCUT2D eigenvalue weighted by molar-refractivity contribution is 0.0602. The van der Waals surface area contributed by atoms with Crippen molar-refractivity contribution in [2.24, 2.45) is 0 Å². The molecule has 0 atom stereocenters. The summed E-state index contributed by atoms with van der Waals surface area (Å²) in [6.07, 6.45) is 2.08. The topological polar surface area (TPSA) is 31.2 Å². The van der Waals surface area contributed by atoms with E-state index in [1.807, 2.05) is 12.1 Å². The van der Waals surface area contributed by atoms with Gasteiger partial charge in [-0.15, -0.1) is 0 Å². The Balaban J connectivity index is 2.37. The Bertz CT molecular complexity index is 610. The summed E-state index contributed by atoms with van der Waals surface area (Å²) >= 11 is 0. The van der Waals surface area contributed by atoms with Crippen LogP contribution in [0.4, 0.5) is 0 Å². The summed E-state index contributed by atoms with van der Waals surface area (Å²) in [7, 11) is 1.45. The van der Waals surface area contributed by atoms with E-state index in [0.717, 1.165) is 41.5 Å². The second-order valence-corrected chi connectivity index (χ2v) is 4.59. The van der Waals surface area contributed by atoms with Crippen LogP contribution in [0.15, 0.2) is 18.2 Å². The zero-order valence-corrected chi connectivity index (χ0v) is 10.1. The third-order valence-electron chi connectivity index (χ3n) is 3.51. The van der Waals surface area contributed by atoms with Crippen molar-refractivity contribution >= 4 is 16.9 Å². The fourth-order valence-electron chi connectivity index (χ4n) is 2.76. The van der Waals surface area contributed by atoms with Gasteiger partial charge in [-0.05, 0) is 31.4 Å². The molecular weight excluding hydrogens is 214 g/mol. The number of fused-ring (bicyclic) bond motifs is 3. The van der Waals surface area contributed by atoms with E-state index in [1.165, 1.54) is 12.7 Å². The summed E-state index contributed by atoms with van der Waals surface area (Å²) in [6.45, 7) is 3.08. The highest BCUT2D eigenvalue weighted by Crippen LogP contribution is 2.32. The minimum absolute atomic E-state index is 0.213. The molecule has 1 aromatic carbocycles. The first kappa shape index (κ1) is 10.4. The molecule has 1 aromatic heterocycles. The number of aryl methyl sites for hydroxylation is 2. The maximum absolute atomic E-state index is 11.9. The number of hydrogen-bond donors (Lipinski definition) is 0. The molecule has 0 saturated heterocycles. The maximum Gasteiger partial charge on any atom is 0.340 e.